The van der Waals surface area contributed by atoms with Gasteiger partial charge in [0.2, 0.25) is 5.96 Å². The highest BCUT2D eigenvalue weighted by atomic mass is 16.5. The summed E-state index contributed by atoms with van der Waals surface area (Å²) in [6, 6.07) is 13.8. The molecule has 0 aliphatic carbocycles. The number of guanidine groups is 1. The van der Waals surface area contributed by atoms with Crippen LogP contribution in [0.4, 0.5) is 5.69 Å². The lowest BCUT2D eigenvalue weighted by molar-refractivity contribution is 0.0394. The molecule has 160 valence electrons. The number of nitrogens with zero attached hydrogens (tertiary/aromatic N) is 2. The lowest BCUT2D eigenvalue weighted by atomic mass is 10.1. The minimum atomic E-state index is -0.166. The Morgan fingerprint density at radius 2 is 1.83 bits per heavy atom. The molecule has 0 unspecified atom stereocenters. The molecule has 6 heteroatoms. The van der Waals surface area contributed by atoms with E-state index < -0.39 is 0 Å². The number of nitrogens with one attached hydrogen (secondary N) is 2. The highest BCUT2D eigenvalue weighted by molar-refractivity contribution is 6.10. The first-order valence-electron chi connectivity index (χ1n) is 10.6. The van der Waals surface area contributed by atoms with Gasteiger partial charge in [-0.25, -0.2) is 0 Å². The molecule has 1 heterocycles. The summed E-state index contributed by atoms with van der Waals surface area (Å²) >= 11 is 0. The van der Waals surface area contributed by atoms with Gasteiger partial charge in [0, 0.05) is 30.9 Å². The Labute approximate surface area is 179 Å². The summed E-state index contributed by atoms with van der Waals surface area (Å²) < 4.78 is 5.40. The summed E-state index contributed by atoms with van der Waals surface area (Å²) in [7, 11) is 0. The normalized spacial score (nSPS) is 15.1. The van der Waals surface area contributed by atoms with Gasteiger partial charge in [-0.05, 0) is 55.2 Å². The maximum Gasteiger partial charge on any atom is 0.257 e. The van der Waals surface area contributed by atoms with Crippen LogP contribution >= 0.6 is 0 Å². The zero-order chi connectivity index (χ0) is 21.3. The zero-order valence-electron chi connectivity index (χ0n) is 18.2. The van der Waals surface area contributed by atoms with Crippen molar-refractivity contribution in [2.75, 3.05) is 44.7 Å². The molecule has 0 atom stereocenters. The van der Waals surface area contributed by atoms with Crippen molar-refractivity contribution in [1.29, 1.82) is 0 Å². The number of hydrogen-bond donors (Lipinski definition) is 2. The van der Waals surface area contributed by atoms with Crippen LogP contribution in [0.25, 0.3) is 0 Å². The van der Waals surface area contributed by atoms with Crippen LogP contribution in [0.15, 0.2) is 47.5 Å². The second-order valence-corrected chi connectivity index (χ2v) is 7.56. The Hall–Kier alpha value is -2.70. The van der Waals surface area contributed by atoms with Gasteiger partial charge in [-0.2, -0.15) is 0 Å². The molecule has 6 nitrogen and oxygen atoms in total. The molecular formula is C24H32N4O2. The van der Waals surface area contributed by atoms with Crippen LogP contribution in [0.1, 0.15) is 34.0 Å². The van der Waals surface area contributed by atoms with Crippen molar-refractivity contribution in [2.24, 2.45) is 4.99 Å². The standard InChI is InChI=1S/C24H32N4O2/c1-4-20-8-10-21(11-9-20)23(29)27-24(25-12-13-28-14-16-30-17-15-28)26-22-7-5-6-18(2)19(22)3/h5-11H,4,12-17H2,1-3H3,(H2,25,26,27,29). The first-order valence-corrected chi connectivity index (χ1v) is 10.6. The Bertz CT molecular complexity index is 871. The fourth-order valence-corrected chi connectivity index (χ4v) is 3.32. The molecule has 0 spiro atoms. The minimum absolute atomic E-state index is 0.166. The molecule has 0 radical (unpaired) electrons. The van der Waals surface area contributed by atoms with Gasteiger partial charge in [-0.3, -0.25) is 20.0 Å². The molecule has 1 aliphatic rings. The third-order valence-corrected chi connectivity index (χ3v) is 5.50. The van der Waals surface area contributed by atoms with E-state index in [4.69, 9.17) is 4.74 Å². The van der Waals surface area contributed by atoms with Gasteiger partial charge >= 0.3 is 0 Å². The van der Waals surface area contributed by atoms with Crippen molar-refractivity contribution in [3.8, 4) is 0 Å². The first-order chi connectivity index (χ1) is 14.6. The number of anilines is 1. The van der Waals surface area contributed by atoms with Crippen LogP contribution in [-0.2, 0) is 11.2 Å². The summed E-state index contributed by atoms with van der Waals surface area (Å²) in [5, 5.41) is 6.28. The number of aryl methyl sites for hydroxylation is 2. The molecule has 2 aromatic rings. The van der Waals surface area contributed by atoms with E-state index in [9.17, 15) is 4.79 Å². The topological polar surface area (TPSA) is 66.0 Å². The van der Waals surface area contributed by atoms with Crippen LogP contribution in [0, 0.1) is 13.8 Å². The summed E-state index contributed by atoms with van der Waals surface area (Å²) in [5.41, 5.74) is 5.10. The number of aliphatic imine (C=N–C) groups is 1. The first kappa shape index (κ1) is 22.0. The summed E-state index contributed by atoms with van der Waals surface area (Å²) in [6.45, 7) is 11.0. The van der Waals surface area contributed by atoms with E-state index >= 15 is 0 Å². The number of ether oxygens (including phenoxy) is 1. The smallest absolute Gasteiger partial charge is 0.257 e. The van der Waals surface area contributed by atoms with Crippen LogP contribution < -0.4 is 10.6 Å². The predicted octanol–water partition coefficient (Wildman–Crippen LogP) is 3.40. The van der Waals surface area contributed by atoms with Crippen LogP contribution in [-0.4, -0.2) is 56.2 Å². The molecule has 2 N–H and O–H groups in total. The number of morpholine rings is 1. The Morgan fingerprint density at radius 1 is 1.10 bits per heavy atom. The largest absolute Gasteiger partial charge is 0.379 e. The van der Waals surface area contributed by atoms with Gasteiger partial charge in [0.15, 0.2) is 0 Å². The highest BCUT2D eigenvalue weighted by Crippen LogP contribution is 2.18. The van der Waals surface area contributed by atoms with Gasteiger partial charge in [-0.15, -0.1) is 0 Å². The second-order valence-electron chi connectivity index (χ2n) is 7.56. The number of amides is 1. The fraction of sp³-hybridized carbons (Fsp3) is 0.417. The number of carbonyl (C=O) groups is 1. The monoisotopic (exact) mass is 408 g/mol. The predicted molar refractivity (Wildman–Crippen MR) is 122 cm³/mol. The lowest BCUT2D eigenvalue weighted by Crippen LogP contribution is -2.39. The van der Waals surface area contributed by atoms with E-state index in [1.165, 1.54) is 11.1 Å². The highest BCUT2D eigenvalue weighted by Gasteiger charge is 2.12. The van der Waals surface area contributed by atoms with Crippen molar-refractivity contribution in [1.82, 2.24) is 10.2 Å². The number of benzene rings is 2. The molecule has 3 rings (SSSR count). The van der Waals surface area contributed by atoms with E-state index in [0.29, 0.717) is 18.1 Å². The summed E-state index contributed by atoms with van der Waals surface area (Å²) in [5.74, 6) is 0.308. The van der Waals surface area contributed by atoms with Gasteiger partial charge < -0.3 is 10.1 Å². The summed E-state index contributed by atoms with van der Waals surface area (Å²) in [4.78, 5) is 19.8. The molecular weight excluding hydrogens is 376 g/mol. The van der Waals surface area contributed by atoms with Crippen LogP contribution in [0.5, 0.6) is 0 Å². The number of rotatable bonds is 6. The van der Waals surface area contributed by atoms with E-state index in [-0.39, 0.29) is 5.91 Å². The average molecular weight is 409 g/mol. The molecule has 0 bridgehead atoms. The maximum absolute atomic E-state index is 12.8. The SMILES string of the molecule is CCc1ccc(C(=O)NC(=NCCN2CCOCC2)Nc2cccc(C)c2C)cc1. The van der Waals surface area contributed by atoms with Crippen molar-refractivity contribution < 1.29 is 9.53 Å². The van der Waals surface area contributed by atoms with E-state index in [2.05, 4.69) is 47.4 Å². The molecule has 1 fully saturated rings. The average Bonchev–Trinajstić information content (AvgIpc) is 2.77. The molecule has 0 saturated carbocycles. The molecule has 1 aliphatic heterocycles. The van der Waals surface area contributed by atoms with E-state index in [1.807, 2.05) is 36.4 Å². The van der Waals surface area contributed by atoms with Gasteiger partial charge in [-0.1, -0.05) is 31.2 Å². The second kappa shape index (κ2) is 10.9. The minimum Gasteiger partial charge on any atom is -0.379 e. The van der Waals surface area contributed by atoms with Crippen molar-refractivity contribution in [2.45, 2.75) is 27.2 Å². The fourth-order valence-electron chi connectivity index (χ4n) is 3.32. The quantitative estimate of drug-likeness (QED) is 0.568. The van der Waals surface area contributed by atoms with Crippen molar-refractivity contribution in [3.63, 3.8) is 0 Å². The summed E-state index contributed by atoms with van der Waals surface area (Å²) in [6.07, 6.45) is 0.949. The van der Waals surface area contributed by atoms with E-state index in [0.717, 1.165) is 50.5 Å². The zero-order valence-corrected chi connectivity index (χ0v) is 18.2. The number of hydrogen-bond acceptors (Lipinski definition) is 4. The molecule has 0 aromatic heterocycles. The molecule has 2 aromatic carbocycles. The third kappa shape index (κ3) is 6.15. The third-order valence-electron chi connectivity index (χ3n) is 5.50. The molecule has 1 saturated heterocycles. The van der Waals surface area contributed by atoms with Crippen molar-refractivity contribution >= 4 is 17.6 Å². The Kier molecular flexibility index (Phi) is 7.99. The lowest BCUT2D eigenvalue weighted by Gasteiger charge is -2.25. The van der Waals surface area contributed by atoms with Crippen molar-refractivity contribution in [3.05, 3.63) is 64.7 Å². The molecule has 1 amide bonds. The Balaban J connectivity index is 1.72. The number of carbonyl (C=O) groups excluding carboxylic acids is 1. The van der Waals surface area contributed by atoms with Gasteiger partial charge in [0.1, 0.15) is 0 Å². The molecule has 30 heavy (non-hydrogen) atoms. The van der Waals surface area contributed by atoms with Crippen LogP contribution in [0.2, 0.25) is 0 Å². The van der Waals surface area contributed by atoms with E-state index in [1.54, 1.807) is 0 Å². The Morgan fingerprint density at radius 3 is 2.53 bits per heavy atom. The maximum atomic E-state index is 12.8. The van der Waals surface area contributed by atoms with Gasteiger partial charge in [0.25, 0.3) is 5.91 Å². The van der Waals surface area contributed by atoms with Crippen LogP contribution in [0.3, 0.4) is 0 Å². The van der Waals surface area contributed by atoms with Gasteiger partial charge in [0.05, 0.1) is 19.8 Å².